The molecule has 3 aliphatic rings. The minimum atomic E-state index is -4.44. The first kappa shape index (κ1) is 25.7. The standard InChI is InChI=1S/C27H27F3N6O2/c1-16(18-5-4-6-20(13-18)27(28,29)30)32-24-22-14-21(19-7-8-23(37)35(15-19)11-12-38-3)25-31-9-10-36(25)26(22)34-17(2)33-24/h4-8,13-16,31H,9-12H2,1-3H3/t16-/m1/s1. The van der Waals surface area contributed by atoms with Crippen LogP contribution in [0.4, 0.5) is 19.0 Å². The molecule has 11 heteroatoms. The lowest BCUT2D eigenvalue weighted by Crippen LogP contribution is -2.22. The van der Waals surface area contributed by atoms with Crippen LogP contribution in [0.25, 0.3) is 22.5 Å². The molecule has 5 rings (SSSR count). The van der Waals surface area contributed by atoms with Gasteiger partial charge in [0, 0.05) is 50.1 Å². The molecule has 0 fully saturated rings. The number of fused-ring (bicyclic) bond motifs is 3. The van der Waals surface area contributed by atoms with E-state index in [9.17, 15) is 18.0 Å². The number of nitrogens with zero attached hydrogens (tertiary/aromatic N) is 5. The van der Waals surface area contributed by atoms with Gasteiger partial charge in [0.1, 0.15) is 17.5 Å². The van der Waals surface area contributed by atoms with E-state index in [-0.39, 0.29) is 5.56 Å². The topological polar surface area (TPSA) is 86.3 Å². The van der Waals surface area contributed by atoms with Gasteiger partial charge in [0.15, 0.2) is 5.49 Å². The molecule has 0 spiro atoms. The van der Waals surface area contributed by atoms with E-state index >= 15 is 0 Å². The zero-order valence-corrected chi connectivity index (χ0v) is 21.2. The van der Waals surface area contributed by atoms with Crippen LogP contribution in [0.2, 0.25) is 0 Å². The molecule has 1 aromatic carbocycles. The third kappa shape index (κ3) is 4.93. The molecule has 8 nitrogen and oxygen atoms in total. The second kappa shape index (κ2) is 10.1. The number of methoxy groups -OCH3 is 1. The summed E-state index contributed by atoms with van der Waals surface area (Å²) in [6, 6.07) is 9.82. The second-order valence-electron chi connectivity index (χ2n) is 9.19. The fourth-order valence-electron chi connectivity index (χ4n) is 4.65. The minimum absolute atomic E-state index is 0.131. The van der Waals surface area contributed by atoms with Gasteiger partial charge in [-0.05, 0) is 43.7 Å². The van der Waals surface area contributed by atoms with E-state index in [1.807, 2.05) is 6.07 Å². The van der Waals surface area contributed by atoms with E-state index in [0.717, 1.165) is 29.1 Å². The lowest BCUT2D eigenvalue weighted by atomic mass is 10.0. The van der Waals surface area contributed by atoms with E-state index < -0.39 is 17.8 Å². The van der Waals surface area contributed by atoms with Crippen LogP contribution in [0.1, 0.15) is 29.9 Å². The van der Waals surface area contributed by atoms with E-state index in [0.29, 0.717) is 54.5 Å². The van der Waals surface area contributed by atoms with Crippen LogP contribution in [-0.4, -0.2) is 39.4 Å². The van der Waals surface area contributed by atoms with Crippen LogP contribution >= 0.6 is 0 Å². The van der Waals surface area contributed by atoms with Crippen LogP contribution < -0.4 is 16.4 Å². The minimum Gasteiger partial charge on any atom is -0.383 e. The van der Waals surface area contributed by atoms with Gasteiger partial charge in [0.05, 0.1) is 23.8 Å². The maximum absolute atomic E-state index is 13.3. The zero-order valence-electron chi connectivity index (χ0n) is 21.2. The van der Waals surface area contributed by atoms with Crippen molar-refractivity contribution in [3.05, 3.63) is 81.5 Å². The van der Waals surface area contributed by atoms with Gasteiger partial charge in [-0.15, -0.1) is 0 Å². The fraction of sp³-hybridized carbons (Fsp3) is 0.333. The van der Waals surface area contributed by atoms with Crippen LogP contribution in [0.3, 0.4) is 0 Å². The van der Waals surface area contributed by atoms with Crippen LogP contribution in [0.5, 0.6) is 0 Å². The molecule has 0 bridgehead atoms. The first-order valence-electron chi connectivity index (χ1n) is 12.2. The van der Waals surface area contributed by atoms with Gasteiger partial charge < -0.3 is 19.2 Å². The lowest BCUT2D eigenvalue weighted by molar-refractivity contribution is -0.137. The molecule has 1 N–H and O–H groups in total. The highest BCUT2D eigenvalue weighted by Crippen LogP contribution is 2.36. The average molecular weight is 525 g/mol. The molecule has 0 aliphatic carbocycles. The fourth-order valence-corrected chi connectivity index (χ4v) is 4.65. The SMILES string of the molecule is COCCn1cc(-c2cc3c(=N[C@H](C)c4cccc(C(F)(F)F)c4)nc(C)nc-3n3c2NCC3)ccc1=O. The molecule has 0 saturated heterocycles. The number of alkyl halides is 3. The Labute approximate surface area is 216 Å². The Morgan fingerprint density at radius 2 is 1.97 bits per heavy atom. The third-order valence-corrected chi connectivity index (χ3v) is 6.56. The highest BCUT2D eigenvalue weighted by Gasteiger charge is 2.31. The zero-order chi connectivity index (χ0) is 27.0. The highest BCUT2D eigenvalue weighted by molar-refractivity contribution is 5.82. The summed E-state index contributed by atoms with van der Waals surface area (Å²) in [5, 5.41) is 3.42. The van der Waals surface area contributed by atoms with Crippen LogP contribution in [0, 0.1) is 6.92 Å². The summed E-state index contributed by atoms with van der Waals surface area (Å²) < 4.78 is 48.6. The molecule has 1 atom stereocenters. The number of hydrogen-bond acceptors (Lipinski definition) is 6. The summed E-state index contributed by atoms with van der Waals surface area (Å²) in [6.45, 7) is 5.69. The molecule has 0 unspecified atom stereocenters. The number of anilines is 1. The Morgan fingerprint density at radius 3 is 2.74 bits per heavy atom. The van der Waals surface area contributed by atoms with E-state index in [2.05, 4.69) is 19.9 Å². The third-order valence-electron chi connectivity index (χ3n) is 6.56. The molecular formula is C27H27F3N6O2. The van der Waals surface area contributed by atoms with Gasteiger partial charge in [-0.25, -0.2) is 9.97 Å². The Kier molecular flexibility index (Phi) is 6.78. The van der Waals surface area contributed by atoms with Crippen molar-refractivity contribution in [1.29, 1.82) is 0 Å². The molecule has 3 aliphatic heterocycles. The van der Waals surface area contributed by atoms with Crippen molar-refractivity contribution in [2.75, 3.05) is 25.6 Å². The predicted molar refractivity (Wildman–Crippen MR) is 137 cm³/mol. The number of pyridine rings is 2. The van der Waals surface area contributed by atoms with E-state index in [1.54, 1.807) is 43.9 Å². The second-order valence-corrected chi connectivity index (χ2v) is 9.19. The summed E-state index contributed by atoms with van der Waals surface area (Å²) >= 11 is 0. The summed E-state index contributed by atoms with van der Waals surface area (Å²) in [7, 11) is 1.58. The van der Waals surface area contributed by atoms with Crippen molar-refractivity contribution in [3.63, 3.8) is 0 Å². The smallest absolute Gasteiger partial charge is 0.383 e. The van der Waals surface area contributed by atoms with Gasteiger partial charge in [-0.2, -0.15) is 13.2 Å². The van der Waals surface area contributed by atoms with Gasteiger partial charge in [-0.1, -0.05) is 12.1 Å². The van der Waals surface area contributed by atoms with Gasteiger partial charge in [0.2, 0.25) is 0 Å². The molecule has 0 radical (unpaired) electrons. The molecule has 38 heavy (non-hydrogen) atoms. The number of nitrogens with one attached hydrogen (secondary N) is 1. The van der Waals surface area contributed by atoms with Gasteiger partial charge >= 0.3 is 6.18 Å². The normalized spacial score (nSPS) is 14.5. The molecule has 1 aromatic heterocycles. The summed E-state index contributed by atoms with van der Waals surface area (Å²) in [6.07, 6.45) is -2.65. The van der Waals surface area contributed by atoms with Crippen molar-refractivity contribution < 1.29 is 17.9 Å². The molecule has 198 valence electrons. The Balaban J connectivity index is 1.68. The lowest BCUT2D eigenvalue weighted by Gasteiger charge is -2.19. The molecular weight excluding hydrogens is 497 g/mol. The molecule has 2 aromatic rings. The van der Waals surface area contributed by atoms with Crippen molar-refractivity contribution >= 4 is 5.82 Å². The summed E-state index contributed by atoms with van der Waals surface area (Å²) in [5.74, 6) is 2.06. The van der Waals surface area contributed by atoms with Crippen molar-refractivity contribution in [2.45, 2.75) is 39.2 Å². The number of benzene rings is 1. The Hall–Kier alpha value is -3.99. The summed E-state index contributed by atoms with van der Waals surface area (Å²) in [4.78, 5) is 26.4. The van der Waals surface area contributed by atoms with Gasteiger partial charge in [0.25, 0.3) is 5.56 Å². The molecule has 0 amide bonds. The van der Waals surface area contributed by atoms with Crippen molar-refractivity contribution in [2.24, 2.45) is 4.99 Å². The molecule has 0 saturated carbocycles. The number of halogens is 3. The maximum Gasteiger partial charge on any atom is 0.416 e. The maximum atomic E-state index is 13.3. The van der Waals surface area contributed by atoms with Crippen LogP contribution in [-0.2, 0) is 24.0 Å². The predicted octanol–water partition coefficient (Wildman–Crippen LogP) is 4.27. The number of aryl methyl sites for hydroxylation is 1. The number of hydrogen-bond donors (Lipinski definition) is 1. The van der Waals surface area contributed by atoms with E-state index in [1.165, 1.54) is 12.1 Å². The Morgan fingerprint density at radius 1 is 1.16 bits per heavy atom. The highest BCUT2D eigenvalue weighted by atomic mass is 19.4. The Bertz CT molecular complexity index is 1590. The van der Waals surface area contributed by atoms with Crippen molar-refractivity contribution in [1.82, 2.24) is 19.1 Å². The monoisotopic (exact) mass is 524 g/mol. The first-order valence-corrected chi connectivity index (χ1v) is 12.2. The average Bonchev–Trinajstić information content (AvgIpc) is 3.38. The van der Waals surface area contributed by atoms with Crippen LogP contribution in [0.15, 0.2) is 58.4 Å². The first-order chi connectivity index (χ1) is 18.2. The number of rotatable bonds is 6. The number of ether oxygens (including phenoxy) is 1. The van der Waals surface area contributed by atoms with E-state index in [4.69, 9.17) is 9.73 Å². The largest absolute Gasteiger partial charge is 0.416 e. The number of aromatic nitrogens is 4. The quantitative estimate of drug-likeness (QED) is 0.407. The van der Waals surface area contributed by atoms with Gasteiger partial charge in [-0.3, -0.25) is 9.79 Å². The molecule has 4 heterocycles. The van der Waals surface area contributed by atoms with Crippen molar-refractivity contribution in [3.8, 4) is 22.5 Å². The summed E-state index contributed by atoms with van der Waals surface area (Å²) in [5.41, 5.74) is 2.32.